The van der Waals surface area contributed by atoms with Gasteiger partial charge >= 0.3 is 0 Å². The summed E-state index contributed by atoms with van der Waals surface area (Å²) in [5.74, 6) is -0.0804. The molecule has 0 aliphatic carbocycles. The van der Waals surface area contributed by atoms with Crippen LogP contribution in [-0.2, 0) is 18.3 Å². The zero-order valence-corrected chi connectivity index (χ0v) is 9.16. The van der Waals surface area contributed by atoms with Crippen molar-refractivity contribution < 1.29 is 4.79 Å². The number of aromatic nitrogens is 5. The summed E-state index contributed by atoms with van der Waals surface area (Å²) in [5.41, 5.74) is 6.68. The molecule has 0 radical (unpaired) electrons. The smallest absolute Gasteiger partial charge is 0.270 e. The number of amides is 1. The Hall–Kier alpha value is -2.51. The number of carbonyl (C=O) groups excluding carboxylic acids is 1. The molecule has 0 atom stereocenters. The van der Waals surface area contributed by atoms with Gasteiger partial charge in [-0.05, 0) is 17.3 Å². The van der Waals surface area contributed by atoms with Crippen molar-refractivity contribution >= 4 is 17.5 Å². The molecule has 8 heteroatoms. The van der Waals surface area contributed by atoms with Crippen LogP contribution in [0.25, 0.3) is 0 Å². The lowest BCUT2D eigenvalue weighted by Crippen LogP contribution is -2.16. The molecule has 2 heterocycles. The second-order valence-corrected chi connectivity index (χ2v) is 3.41. The maximum Gasteiger partial charge on any atom is 0.270 e. The van der Waals surface area contributed by atoms with E-state index in [1.165, 1.54) is 11.0 Å². The molecule has 3 N–H and O–H groups in total. The van der Waals surface area contributed by atoms with Gasteiger partial charge < -0.3 is 5.73 Å². The number of carbonyl (C=O) groups is 1. The van der Waals surface area contributed by atoms with Crippen molar-refractivity contribution in [3.05, 3.63) is 24.0 Å². The maximum absolute atomic E-state index is 11.6. The Balaban J connectivity index is 1.95. The minimum absolute atomic E-state index is 0.137. The normalized spacial score (nSPS) is 10.2. The van der Waals surface area contributed by atoms with Crippen molar-refractivity contribution in [2.24, 2.45) is 7.05 Å². The average molecular weight is 233 g/mol. The monoisotopic (exact) mass is 233 g/mol. The van der Waals surface area contributed by atoms with E-state index in [0.29, 0.717) is 11.4 Å². The van der Waals surface area contributed by atoms with Crippen LogP contribution >= 0.6 is 0 Å². The summed E-state index contributed by atoms with van der Waals surface area (Å²) in [6, 6.07) is 3.38. The van der Waals surface area contributed by atoms with E-state index in [9.17, 15) is 4.79 Å². The topological polar surface area (TPSA) is 112 Å². The Bertz CT molecular complexity index is 518. The number of hydrogen-bond donors (Lipinski definition) is 2. The molecule has 0 aliphatic heterocycles. The van der Waals surface area contributed by atoms with Crippen molar-refractivity contribution in [3.63, 3.8) is 0 Å². The third-order valence-electron chi connectivity index (χ3n) is 1.95. The van der Waals surface area contributed by atoms with Gasteiger partial charge in [-0.1, -0.05) is 5.10 Å². The standard InChI is InChI=1S/C9H11N7O/c1-16-14-9(13-15-16)12-8(17)4-7-3-2-6(10)5-11-7/h2-3,5H,4,10H2,1H3,(H,12,14,17). The summed E-state index contributed by atoms with van der Waals surface area (Å²) in [5, 5.41) is 13.6. The second-order valence-electron chi connectivity index (χ2n) is 3.41. The van der Waals surface area contributed by atoms with Crippen LogP contribution in [0.5, 0.6) is 0 Å². The molecule has 0 unspecified atom stereocenters. The van der Waals surface area contributed by atoms with E-state index >= 15 is 0 Å². The Morgan fingerprint density at radius 1 is 1.53 bits per heavy atom. The minimum atomic E-state index is -0.254. The van der Waals surface area contributed by atoms with Gasteiger partial charge in [-0.25, -0.2) is 0 Å². The van der Waals surface area contributed by atoms with Gasteiger partial charge in [0.15, 0.2) is 0 Å². The Labute approximate surface area is 96.8 Å². The number of nitrogens with one attached hydrogen (secondary N) is 1. The van der Waals surface area contributed by atoms with E-state index in [-0.39, 0.29) is 18.3 Å². The Kier molecular flexibility index (Phi) is 2.95. The van der Waals surface area contributed by atoms with Crippen LogP contribution in [0.3, 0.4) is 0 Å². The van der Waals surface area contributed by atoms with E-state index in [1.54, 1.807) is 19.2 Å². The molecule has 0 spiro atoms. The molecule has 0 fully saturated rings. The van der Waals surface area contributed by atoms with Gasteiger partial charge in [0.1, 0.15) is 0 Å². The zero-order chi connectivity index (χ0) is 12.3. The summed E-state index contributed by atoms with van der Waals surface area (Å²) in [4.78, 5) is 16.9. The van der Waals surface area contributed by atoms with Crippen molar-refractivity contribution in [1.82, 2.24) is 25.2 Å². The summed E-state index contributed by atoms with van der Waals surface area (Å²) in [7, 11) is 1.62. The quantitative estimate of drug-likeness (QED) is 0.729. The van der Waals surface area contributed by atoms with Crippen molar-refractivity contribution in [2.45, 2.75) is 6.42 Å². The van der Waals surface area contributed by atoms with Crippen molar-refractivity contribution in [1.29, 1.82) is 0 Å². The fraction of sp³-hybridized carbons (Fsp3) is 0.222. The molecular weight excluding hydrogens is 222 g/mol. The van der Waals surface area contributed by atoms with E-state index in [4.69, 9.17) is 5.73 Å². The lowest BCUT2D eigenvalue weighted by Gasteiger charge is -2.00. The van der Waals surface area contributed by atoms with Gasteiger partial charge in [0.2, 0.25) is 5.91 Å². The SMILES string of the molecule is Cn1nnc(NC(=O)Cc2ccc(N)cn2)n1. The first-order valence-electron chi connectivity index (χ1n) is 4.88. The number of hydrogen-bond acceptors (Lipinski definition) is 6. The highest BCUT2D eigenvalue weighted by atomic mass is 16.1. The van der Waals surface area contributed by atoms with Gasteiger partial charge in [-0.3, -0.25) is 15.1 Å². The van der Waals surface area contributed by atoms with Gasteiger partial charge in [-0.2, -0.15) is 4.80 Å². The molecule has 88 valence electrons. The van der Waals surface area contributed by atoms with E-state index < -0.39 is 0 Å². The molecule has 8 nitrogen and oxygen atoms in total. The number of nitrogens with two attached hydrogens (primary N) is 1. The van der Waals surface area contributed by atoms with Gasteiger partial charge in [0.05, 0.1) is 25.4 Å². The first kappa shape index (κ1) is 11.0. The molecule has 0 aromatic carbocycles. The van der Waals surface area contributed by atoms with E-state index in [2.05, 4.69) is 25.7 Å². The number of tetrazole rings is 1. The number of aryl methyl sites for hydroxylation is 1. The molecule has 0 aliphatic rings. The molecule has 0 saturated heterocycles. The average Bonchev–Trinajstić information content (AvgIpc) is 2.67. The van der Waals surface area contributed by atoms with Crippen LogP contribution in [0.4, 0.5) is 11.6 Å². The van der Waals surface area contributed by atoms with E-state index in [1.807, 2.05) is 0 Å². The molecular formula is C9H11N7O. The van der Waals surface area contributed by atoms with Crippen LogP contribution in [0.2, 0.25) is 0 Å². The third-order valence-corrected chi connectivity index (χ3v) is 1.95. The van der Waals surface area contributed by atoms with Crippen LogP contribution in [-0.4, -0.2) is 31.1 Å². The van der Waals surface area contributed by atoms with Gasteiger partial charge in [0, 0.05) is 5.69 Å². The number of pyridine rings is 1. The Morgan fingerprint density at radius 2 is 2.35 bits per heavy atom. The highest BCUT2D eigenvalue weighted by Gasteiger charge is 2.08. The number of rotatable bonds is 3. The summed E-state index contributed by atoms with van der Waals surface area (Å²) in [6.07, 6.45) is 1.64. The highest BCUT2D eigenvalue weighted by Crippen LogP contribution is 2.03. The van der Waals surface area contributed by atoms with Gasteiger partial charge in [-0.15, -0.1) is 5.10 Å². The number of nitrogen functional groups attached to an aromatic ring is 1. The summed E-state index contributed by atoms with van der Waals surface area (Å²) < 4.78 is 0. The largest absolute Gasteiger partial charge is 0.397 e. The third kappa shape index (κ3) is 2.97. The predicted molar refractivity (Wildman–Crippen MR) is 59.8 cm³/mol. The summed E-state index contributed by atoms with van der Waals surface area (Å²) in [6.45, 7) is 0. The molecule has 1 amide bonds. The van der Waals surface area contributed by atoms with Crippen LogP contribution in [0, 0.1) is 0 Å². The highest BCUT2D eigenvalue weighted by molar-refractivity contribution is 5.90. The van der Waals surface area contributed by atoms with E-state index in [0.717, 1.165) is 0 Å². The fourth-order valence-corrected chi connectivity index (χ4v) is 1.21. The predicted octanol–water partition coefficient (Wildman–Crippen LogP) is -0.632. The van der Waals surface area contributed by atoms with Crippen molar-refractivity contribution in [2.75, 3.05) is 11.1 Å². The molecule has 0 saturated carbocycles. The number of anilines is 2. The number of nitrogens with zero attached hydrogens (tertiary/aromatic N) is 5. The first-order chi connectivity index (χ1) is 8.13. The zero-order valence-electron chi connectivity index (χ0n) is 9.16. The van der Waals surface area contributed by atoms with Crippen molar-refractivity contribution in [3.8, 4) is 0 Å². The first-order valence-corrected chi connectivity index (χ1v) is 4.88. The lowest BCUT2D eigenvalue weighted by molar-refractivity contribution is -0.115. The fourth-order valence-electron chi connectivity index (χ4n) is 1.21. The second kappa shape index (κ2) is 4.56. The minimum Gasteiger partial charge on any atom is -0.397 e. The van der Waals surface area contributed by atoms with Crippen LogP contribution in [0.1, 0.15) is 5.69 Å². The Morgan fingerprint density at radius 3 is 2.94 bits per heavy atom. The maximum atomic E-state index is 11.6. The van der Waals surface area contributed by atoms with Crippen LogP contribution in [0.15, 0.2) is 18.3 Å². The lowest BCUT2D eigenvalue weighted by atomic mass is 10.2. The molecule has 2 rings (SSSR count). The molecule has 17 heavy (non-hydrogen) atoms. The van der Waals surface area contributed by atoms with Gasteiger partial charge in [0.25, 0.3) is 5.95 Å². The van der Waals surface area contributed by atoms with Crippen LogP contribution < -0.4 is 11.1 Å². The molecule has 2 aromatic heterocycles. The molecule has 0 bridgehead atoms. The summed E-state index contributed by atoms with van der Waals surface area (Å²) >= 11 is 0. The molecule has 2 aromatic rings.